The van der Waals surface area contributed by atoms with Crippen molar-refractivity contribution in [1.29, 1.82) is 0 Å². The van der Waals surface area contributed by atoms with Gasteiger partial charge in [0.1, 0.15) is 11.5 Å². The molecule has 0 aromatic heterocycles. The van der Waals surface area contributed by atoms with Crippen molar-refractivity contribution in [2.75, 3.05) is 13.2 Å². The van der Waals surface area contributed by atoms with E-state index in [9.17, 15) is 14.7 Å². The third-order valence-corrected chi connectivity index (χ3v) is 6.59. The third kappa shape index (κ3) is 5.44. The second-order valence-electron chi connectivity index (χ2n) is 10.6. The lowest BCUT2D eigenvalue weighted by molar-refractivity contribution is -0.139. The number of amides is 1. The molecule has 1 atom stereocenters. The monoisotopic (exact) mass is 477 g/mol. The Morgan fingerprint density at radius 2 is 1.71 bits per heavy atom. The number of aliphatic hydroxyl groups excluding tert-OH is 1. The molecule has 3 rings (SSSR count). The topological polar surface area (TPSA) is 66.8 Å². The van der Waals surface area contributed by atoms with E-state index in [-0.39, 0.29) is 22.7 Å². The molecule has 2 aromatic carbocycles. The van der Waals surface area contributed by atoms with Gasteiger partial charge in [-0.25, -0.2) is 0 Å². The Kier molecular flexibility index (Phi) is 8.09. The average Bonchev–Trinajstić information content (AvgIpc) is 3.07. The van der Waals surface area contributed by atoms with Crippen LogP contribution in [0.1, 0.15) is 95.5 Å². The second-order valence-corrected chi connectivity index (χ2v) is 10.6. The smallest absolute Gasteiger partial charge is 0.295 e. The molecule has 1 saturated heterocycles. The second kappa shape index (κ2) is 10.7. The quantitative estimate of drug-likeness (QED) is 0.260. The summed E-state index contributed by atoms with van der Waals surface area (Å²) in [5, 5.41) is 11.4. The van der Waals surface area contributed by atoms with Gasteiger partial charge < -0.3 is 14.7 Å². The fraction of sp³-hybridized carbons (Fsp3) is 0.467. The maximum atomic E-state index is 13.3. The molecule has 1 N–H and O–H groups in total. The van der Waals surface area contributed by atoms with Gasteiger partial charge in [0.05, 0.1) is 18.2 Å². The highest BCUT2D eigenvalue weighted by Crippen LogP contribution is 2.41. The van der Waals surface area contributed by atoms with Crippen molar-refractivity contribution in [3.05, 3.63) is 70.3 Å². The molecule has 1 aliphatic heterocycles. The van der Waals surface area contributed by atoms with Crippen LogP contribution in [0.2, 0.25) is 0 Å². The predicted octanol–water partition coefficient (Wildman–Crippen LogP) is 6.73. The number of hydrogen-bond acceptors (Lipinski definition) is 4. The summed E-state index contributed by atoms with van der Waals surface area (Å²) in [6.07, 6.45) is 1.68. The number of ketones is 1. The lowest BCUT2D eigenvalue weighted by atomic mass is 9.85. The molecule has 0 bridgehead atoms. The largest absolute Gasteiger partial charge is 0.507 e. The predicted molar refractivity (Wildman–Crippen MR) is 141 cm³/mol. The summed E-state index contributed by atoms with van der Waals surface area (Å²) in [5.74, 6) is -0.408. The highest BCUT2D eigenvalue weighted by Gasteiger charge is 2.45. The van der Waals surface area contributed by atoms with Crippen molar-refractivity contribution in [3.8, 4) is 5.75 Å². The van der Waals surface area contributed by atoms with E-state index in [2.05, 4.69) is 41.5 Å². The molecule has 5 heteroatoms. The Balaban J connectivity index is 2.17. The average molecular weight is 478 g/mol. The van der Waals surface area contributed by atoms with Crippen molar-refractivity contribution in [2.45, 2.75) is 78.7 Å². The van der Waals surface area contributed by atoms with Crippen LogP contribution in [0.5, 0.6) is 5.75 Å². The Labute approximate surface area is 209 Å². The van der Waals surface area contributed by atoms with Gasteiger partial charge >= 0.3 is 0 Å². The van der Waals surface area contributed by atoms with Gasteiger partial charge in [-0.3, -0.25) is 9.59 Å². The van der Waals surface area contributed by atoms with E-state index in [4.69, 9.17) is 4.74 Å². The lowest BCUT2D eigenvalue weighted by Gasteiger charge is -2.26. The third-order valence-electron chi connectivity index (χ3n) is 6.59. The van der Waals surface area contributed by atoms with Crippen molar-refractivity contribution in [2.24, 2.45) is 0 Å². The van der Waals surface area contributed by atoms with Gasteiger partial charge in [0, 0.05) is 12.1 Å². The summed E-state index contributed by atoms with van der Waals surface area (Å²) in [7, 11) is 0. The standard InChI is InChI=1S/C30H39NO4/c1-8-10-17-31-26(20-11-14-22(15-12-20)30(5,6)7)25(28(33)29(31)34)27(32)21-13-16-24(35-9-2)23(18-21)19(3)4/h11-16,18-19,26,32H,8-10,17H2,1-7H3/b27-25-. The zero-order valence-corrected chi connectivity index (χ0v) is 22.1. The van der Waals surface area contributed by atoms with Crippen LogP contribution in [0.15, 0.2) is 48.0 Å². The number of carbonyl (C=O) groups is 2. The van der Waals surface area contributed by atoms with Gasteiger partial charge in [0.15, 0.2) is 0 Å². The number of unbranched alkanes of at least 4 members (excludes halogenated alkanes) is 1. The highest BCUT2D eigenvalue weighted by molar-refractivity contribution is 6.46. The van der Waals surface area contributed by atoms with Gasteiger partial charge in [-0.1, -0.05) is 72.2 Å². The van der Waals surface area contributed by atoms with E-state index in [0.29, 0.717) is 18.7 Å². The summed E-state index contributed by atoms with van der Waals surface area (Å²) in [6.45, 7) is 15.5. The summed E-state index contributed by atoms with van der Waals surface area (Å²) >= 11 is 0. The Bertz CT molecular complexity index is 1110. The molecule has 1 aliphatic rings. The zero-order chi connectivity index (χ0) is 25.9. The van der Waals surface area contributed by atoms with Crippen LogP contribution in [0.3, 0.4) is 0 Å². The van der Waals surface area contributed by atoms with E-state index in [1.165, 1.54) is 5.56 Å². The number of ether oxygens (including phenoxy) is 1. The van der Waals surface area contributed by atoms with E-state index in [1.807, 2.05) is 43.3 Å². The van der Waals surface area contributed by atoms with Gasteiger partial charge in [-0.05, 0) is 59.6 Å². The fourth-order valence-electron chi connectivity index (χ4n) is 4.54. The van der Waals surface area contributed by atoms with Crippen molar-refractivity contribution in [3.63, 3.8) is 0 Å². The number of likely N-dealkylation sites (tertiary alicyclic amines) is 1. The number of rotatable bonds is 8. The van der Waals surface area contributed by atoms with Crippen LogP contribution in [0.25, 0.3) is 5.76 Å². The maximum Gasteiger partial charge on any atom is 0.295 e. The van der Waals surface area contributed by atoms with E-state index in [0.717, 1.165) is 29.7 Å². The molecule has 1 unspecified atom stereocenters. The van der Waals surface area contributed by atoms with Gasteiger partial charge in [0.25, 0.3) is 11.7 Å². The van der Waals surface area contributed by atoms with Crippen LogP contribution < -0.4 is 4.74 Å². The van der Waals surface area contributed by atoms with Crippen LogP contribution >= 0.6 is 0 Å². The minimum atomic E-state index is -0.636. The minimum absolute atomic E-state index is 0.0158. The number of carbonyl (C=O) groups excluding carboxylic acids is 2. The molecule has 1 heterocycles. The minimum Gasteiger partial charge on any atom is -0.507 e. The normalized spacial score (nSPS) is 17.9. The number of nitrogens with zero attached hydrogens (tertiary/aromatic N) is 1. The first-order valence-electron chi connectivity index (χ1n) is 12.7. The first-order chi connectivity index (χ1) is 16.5. The molecular formula is C30H39NO4. The molecule has 35 heavy (non-hydrogen) atoms. The molecule has 5 nitrogen and oxygen atoms in total. The van der Waals surface area contributed by atoms with Crippen molar-refractivity contribution in [1.82, 2.24) is 4.90 Å². The molecule has 0 spiro atoms. The van der Waals surface area contributed by atoms with E-state index in [1.54, 1.807) is 11.0 Å². The number of benzene rings is 2. The Morgan fingerprint density at radius 3 is 2.26 bits per heavy atom. The van der Waals surface area contributed by atoms with Gasteiger partial charge in [0.2, 0.25) is 0 Å². The first-order valence-corrected chi connectivity index (χ1v) is 12.7. The Hall–Kier alpha value is -3.08. The van der Waals surface area contributed by atoms with Gasteiger partial charge in [-0.2, -0.15) is 0 Å². The Morgan fingerprint density at radius 1 is 1.06 bits per heavy atom. The molecule has 188 valence electrons. The number of hydrogen-bond donors (Lipinski definition) is 1. The molecule has 0 aliphatic carbocycles. The van der Waals surface area contributed by atoms with Crippen LogP contribution in [0.4, 0.5) is 0 Å². The molecule has 2 aromatic rings. The van der Waals surface area contributed by atoms with Crippen LogP contribution in [-0.4, -0.2) is 34.8 Å². The molecule has 1 fully saturated rings. The van der Waals surface area contributed by atoms with Crippen molar-refractivity contribution < 1.29 is 19.4 Å². The summed E-state index contributed by atoms with van der Waals surface area (Å²) in [5.41, 5.74) is 3.58. The van der Waals surface area contributed by atoms with E-state index < -0.39 is 17.7 Å². The van der Waals surface area contributed by atoms with Gasteiger partial charge in [-0.15, -0.1) is 0 Å². The van der Waals surface area contributed by atoms with E-state index >= 15 is 0 Å². The van der Waals surface area contributed by atoms with Crippen LogP contribution in [-0.2, 0) is 15.0 Å². The highest BCUT2D eigenvalue weighted by atomic mass is 16.5. The number of aliphatic hydroxyl groups is 1. The lowest BCUT2D eigenvalue weighted by Crippen LogP contribution is -2.30. The van der Waals surface area contributed by atoms with Crippen LogP contribution in [0, 0.1) is 0 Å². The molecular weight excluding hydrogens is 438 g/mol. The zero-order valence-electron chi connectivity index (χ0n) is 22.1. The van der Waals surface area contributed by atoms with Crippen molar-refractivity contribution >= 4 is 17.4 Å². The molecule has 0 saturated carbocycles. The number of Topliss-reactive ketones (excluding diaryl/α,β-unsaturated/α-hetero) is 1. The maximum absolute atomic E-state index is 13.3. The fourth-order valence-corrected chi connectivity index (χ4v) is 4.54. The summed E-state index contributed by atoms with van der Waals surface area (Å²) in [4.78, 5) is 28.0. The molecule has 1 amide bonds. The summed E-state index contributed by atoms with van der Waals surface area (Å²) in [6, 6.07) is 12.9. The first kappa shape index (κ1) is 26.5. The molecule has 0 radical (unpaired) electrons. The summed E-state index contributed by atoms with van der Waals surface area (Å²) < 4.78 is 5.76. The SMILES string of the molecule is CCCCN1C(=O)C(=O)/C(=C(\O)c2ccc(OCC)c(C(C)C)c2)C1c1ccc(C(C)(C)C)cc1.